The minimum atomic E-state index is -0.360. The third-order valence-electron chi connectivity index (χ3n) is 2.28. The van der Waals surface area contributed by atoms with Gasteiger partial charge in [-0.3, -0.25) is 14.9 Å². The third-order valence-corrected chi connectivity index (χ3v) is 2.28. The molecule has 0 aromatic heterocycles. The van der Waals surface area contributed by atoms with Gasteiger partial charge in [0, 0.05) is 5.69 Å². The molecule has 0 saturated carbocycles. The third kappa shape index (κ3) is 4.97. The molecule has 2 N–H and O–H groups in total. The molecule has 0 fully saturated rings. The van der Waals surface area contributed by atoms with E-state index < -0.39 is 0 Å². The van der Waals surface area contributed by atoms with Gasteiger partial charge >= 0.3 is 5.97 Å². The fourth-order valence-corrected chi connectivity index (χ4v) is 1.40. The van der Waals surface area contributed by atoms with Crippen molar-refractivity contribution in [3.8, 4) is 0 Å². The van der Waals surface area contributed by atoms with Crippen molar-refractivity contribution in [3.05, 3.63) is 29.8 Å². The first-order valence-corrected chi connectivity index (χ1v) is 5.85. The number of anilines is 1. The lowest BCUT2D eigenvalue weighted by Crippen LogP contribution is -2.32. The highest BCUT2D eigenvalue weighted by molar-refractivity contribution is 5.93. The lowest BCUT2D eigenvalue weighted by Gasteiger charge is -2.08. The Morgan fingerprint density at radius 1 is 1.22 bits per heavy atom. The van der Waals surface area contributed by atoms with Crippen molar-refractivity contribution in [3.63, 3.8) is 0 Å². The van der Waals surface area contributed by atoms with E-state index in [1.54, 1.807) is 6.92 Å². The summed E-state index contributed by atoms with van der Waals surface area (Å²) in [6.45, 7) is 4.11. The summed E-state index contributed by atoms with van der Waals surface area (Å²) in [5, 5.41) is 5.49. The number of aryl methyl sites for hydroxylation is 1. The minimum Gasteiger partial charge on any atom is -0.465 e. The normalized spacial score (nSPS) is 9.89. The summed E-state index contributed by atoms with van der Waals surface area (Å²) in [4.78, 5) is 22.6. The second-order valence-corrected chi connectivity index (χ2v) is 3.77. The zero-order chi connectivity index (χ0) is 13.4. The molecule has 0 heterocycles. The summed E-state index contributed by atoms with van der Waals surface area (Å²) in [6.07, 6.45) is 0. The van der Waals surface area contributed by atoms with Gasteiger partial charge in [-0.1, -0.05) is 18.2 Å². The zero-order valence-corrected chi connectivity index (χ0v) is 10.7. The Hall–Kier alpha value is -1.88. The standard InChI is InChI=1S/C13H18N2O3/c1-3-18-13(17)9-14-8-12(16)15-11-7-5-4-6-10(11)2/h4-7,14H,3,8-9H2,1-2H3,(H,15,16). The summed E-state index contributed by atoms with van der Waals surface area (Å²) in [6, 6.07) is 7.51. The maximum atomic E-state index is 11.6. The van der Waals surface area contributed by atoms with E-state index >= 15 is 0 Å². The second kappa shape index (κ2) is 7.45. The summed E-state index contributed by atoms with van der Waals surface area (Å²) < 4.78 is 4.73. The number of amides is 1. The summed E-state index contributed by atoms with van der Waals surface area (Å²) in [7, 11) is 0. The van der Waals surface area contributed by atoms with Crippen LogP contribution in [0.3, 0.4) is 0 Å². The molecule has 5 heteroatoms. The van der Waals surface area contributed by atoms with Gasteiger partial charge in [-0.2, -0.15) is 0 Å². The lowest BCUT2D eigenvalue weighted by atomic mass is 10.2. The Bertz CT molecular complexity index is 418. The van der Waals surface area contributed by atoms with E-state index in [9.17, 15) is 9.59 Å². The van der Waals surface area contributed by atoms with E-state index in [0.29, 0.717) is 6.61 Å². The summed E-state index contributed by atoms with van der Waals surface area (Å²) >= 11 is 0. The number of ether oxygens (including phenoxy) is 1. The average molecular weight is 250 g/mol. The minimum absolute atomic E-state index is 0.0367. The number of carbonyl (C=O) groups is 2. The highest BCUT2D eigenvalue weighted by Gasteiger charge is 2.05. The first-order valence-electron chi connectivity index (χ1n) is 5.85. The van der Waals surface area contributed by atoms with Gasteiger partial charge < -0.3 is 10.1 Å². The predicted molar refractivity (Wildman–Crippen MR) is 69.3 cm³/mol. The van der Waals surface area contributed by atoms with Gasteiger partial charge in [-0.25, -0.2) is 0 Å². The van der Waals surface area contributed by atoms with E-state index in [1.165, 1.54) is 0 Å². The van der Waals surface area contributed by atoms with Crippen LogP contribution in [0.5, 0.6) is 0 Å². The molecule has 0 aliphatic carbocycles. The number of esters is 1. The van der Waals surface area contributed by atoms with Crippen molar-refractivity contribution in [2.75, 3.05) is 25.0 Å². The van der Waals surface area contributed by atoms with E-state index in [2.05, 4.69) is 10.6 Å². The fraction of sp³-hybridized carbons (Fsp3) is 0.385. The van der Waals surface area contributed by atoms with Crippen LogP contribution in [0.15, 0.2) is 24.3 Å². The Morgan fingerprint density at radius 2 is 1.94 bits per heavy atom. The van der Waals surface area contributed by atoms with Crippen molar-refractivity contribution < 1.29 is 14.3 Å². The summed E-state index contributed by atoms with van der Waals surface area (Å²) in [5.74, 6) is -0.546. The molecule has 0 radical (unpaired) electrons. The molecule has 1 aromatic rings. The van der Waals surface area contributed by atoms with Crippen LogP contribution >= 0.6 is 0 Å². The van der Waals surface area contributed by atoms with Gasteiger partial charge in [0.05, 0.1) is 19.7 Å². The van der Waals surface area contributed by atoms with Crippen LogP contribution in [0.4, 0.5) is 5.69 Å². The number of carbonyl (C=O) groups excluding carboxylic acids is 2. The zero-order valence-electron chi connectivity index (χ0n) is 10.7. The van der Waals surface area contributed by atoms with Crippen LogP contribution in [-0.2, 0) is 14.3 Å². The van der Waals surface area contributed by atoms with Gasteiger partial charge in [-0.05, 0) is 25.5 Å². The van der Waals surface area contributed by atoms with Gasteiger partial charge in [0.2, 0.25) is 5.91 Å². The molecule has 1 rings (SSSR count). The molecule has 0 saturated heterocycles. The van der Waals surface area contributed by atoms with Crippen molar-refractivity contribution in [2.24, 2.45) is 0 Å². The Labute approximate surface area is 107 Å². The van der Waals surface area contributed by atoms with Crippen LogP contribution in [0.25, 0.3) is 0 Å². The van der Waals surface area contributed by atoms with Crippen LogP contribution < -0.4 is 10.6 Å². The second-order valence-electron chi connectivity index (χ2n) is 3.77. The Balaban J connectivity index is 2.30. The Kier molecular flexibility index (Phi) is 5.87. The molecular weight excluding hydrogens is 232 g/mol. The lowest BCUT2D eigenvalue weighted by molar-refractivity contribution is -0.141. The van der Waals surface area contributed by atoms with E-state index in [0.717, 1.165) is 11.3 Å². The monoisotopic (exact) mass is 250 g/mol. The van der Waals surface area contributed by atoms with Crippen LogP contribution in [0.1, 0.15) is 12.5 Å². The van der Waals surface area contributed by atoms with Gasteiger partial charge in [0.25, 0.3) is 0 Å². The number of nitrogens with one attached hydrogen (secondary N) is 2. The number of hydrogen-bond acceptors (Lipinski definition) is 4. The van der Waals surface area contributed by atoms with Crippen molar-refractivity contribution in [1.82, 2.24) is 5.32 Å². The largest absolute Gasteiger partial charge is 0.465 e. The van der Waals surface area contributed by atoms with Crippen molar-refractivity contribution in [2.45, 2.75) is 13.8 Å². The first-order chi connectivity index (χ1) is 8.63. The highest BCUT2D eigenvalue weighted by Crippen LogP contribution is 2.12. The quantitative estimate of drug-likeness (QED) is 0.742. The number of para-hydroxylation sites is 1. The molecule has 1 amide bonds. The number of benzene rings is 1. The first kappa shape index (κ1) is 14.2. The molecule has 0 aliphatic heterocycles. The molecular formula is C13H18N2O3. The molecule has 98 valence electrons. The Morgan fingerprint density at radius 3 is 2.61 bits per heavy atom. The van der Waals surface area contributed by atoms with Gasteiger partial charge in [0.15, 0.2) is 0 Å². The molecule has 0 spiro atoms. The maximum absolute atomic E-state index is 11.6. The molecule has 5 nitrogen and oxygen atoms in total. The molecule has 0 atom stereocenters. The molecule has 0 bridgehead atoms. The van der Waals surface area contributed by atoms with Crippen molar-refractivity contribution >= 4 is 17.6 Å². The van der Waals surface area contributed by atoms with E-state index in [-0.39, 0.29) is 25.0 Å². The topological polar surface area (TPSA) is 67.4 Å². The molecule has 1 aromatic carbocycles. The van der Waals surface area contributed by atoms with E-state index in [4.69, 9.17) is 4.74 Å². The maximum Gasteiger partial charge on any atom is 0.319 e. The van der Waals surface area contributed by atoms with Crippen LogP contribution in [-0.4, -0.2) is 31.6 Å². The molecule has 0 unspecified atom stereocenters. The van der Waals surface area contributed by atoms with E-state index in [1.807, 2.05) is 31.2 Å². The van der Waals surface area contributed by atoms with Gasteiger partial charge in [-0.15, -0.1) is 0 Å². The fourth-order valence-electron chi connectivity index (χ4n) is 1.40. The molecule has 18 heavy (non-hydrogen) atoms. The number of rotatable bonds is 6. The predicted octanol–water partition coefficient (Wildman–Crippen LogP) is 1.09. The smallest absolute Gasteiger partial charge is 0.319 e. The average Bonchev–Trinajstić information content (AvgIpc) is 2.32. The number of hydrogen-bond donors (Lipinski definition) is 2. The molecule has 0 aliphatic rings. The SMILES string of the molecule is CCOC(=O)CNCC(=O)Nc1ccccc1C. The summed E-state index contributed by atoms with van der Waals surface area (Å²) in [5.41, 5.74) is 1.77. The highest BCUT2D eigenvalue weighted by atomic mass is 16.5. The van der Waals surface area contributed by atoms with Crippen molar-refractivity contribution in [1.29, 1.82) is 0 Å². The van der Waals surface area contributed by atoms with Crippen LogP contribution in [0, 0.1) is 6.92 Å². The van der Waals surface area contributed by atoms with Crippen LogP contribution in [0.2, 0.25) is 0 Å². The van der Waals surface area contributed by atoms with Gasteiger partial charge in [0.1, 0.15) is 0 Å².